The van der Waals surface area contributed by atoms with Crippen molar-refractivity contribution in [3.05, 3.63) is 11.4 Å². The van der Waals surface area contributed by atoms with Crippen molar-refractivity contribution < 1.29 is 4.79 Å². The van der Waals surface area contributed by atoms with Crippen molar-refractivity contribution >= 4 is 11.6 Å². The fourth-order valence-corrected chi connectivity index (χ4v) is 2.48. The molecule has 5 nitrogen and oxygen atoms in total. The van der Waals surface area contributed by atoms with Crippen LogP contribution in [0, 0.1) is 0 Å². The molecule has 2 rings (SSSR count). The normalized spacial score (nSPS) is 19.9. The van der Waals surface area contributed by atoms with E-state index in [-0.39, 0.29) is 5.91 Å². The molecule has 0 aromatic carbocycles. The number of likely N-dealkylation sites (tertiary alicyclic amines) is 1. The molecule has 1 aliphatic rings. The second-order valence-electron chi connectivity index (χ2n) is 4.52. The predicted octanol–water partition coefficient (Wildman–Crippen LogP) is 1.57. The van der Waals surface area contributed by atoms with E-state index in [9.17, 15) is 4.79 Å². The SMILES string of the molecule is CCc1[nH]nc(C(=O)N2CCCC2CC)c1N. The van der Waals surface area contributed by atoms with Gasteiger partial charge in [0, 0.05) is 12.6 Å². The van der Waals surface area contributed by atoms with Gasteiger partial charge in [-0.1, -0.05) is 13.8 Å². The Morgan fingerprint density at radius 3 is 2.94 bits per heavy atom. The summed E-state index contributed by atoms with van der Waals surface area (Å²) in [5, 5.41) is 6.90. The van der Waals surface area contributed by atoms with Crippen LogP contribution in [0.25, 0.3) is 0 Å². The monoisotopic (exact) mass is 236 g/mol. The molecule has 0 radical (unpaired) electrons. The molecule has 3 N–H and O–H groups in total. The Hall–Kier alpha value is -1.52. The van der Waals surface area contributed by atoms with Crippen molar-refractivity contribution in [1.29, 1.82) is 0 Å². The number of nitrogen functional groups attached to an aromatic ring is 1. The third kappa shape index (κ3) is 2.01. The van der Waals surface area contributed by atoms with E-state index >= 15 is 0 Å². The first-order valence-electron chi connectivity index (χ1n) is 6.32. The smallest absolute Gasteiger partial charge is 0.276 e. The molecule has 5 heteroatoms. The molecule has 1 atom stereocenters. The number of carbonyl (C=O) groups excluding carboxylic acids is 1. The minimum Gasteiger partial charge on any atom is -0.395 e. The van der Waals surface area contributed by atoms with Gasteiger partial charge >= 0.3 is 0 Å². The topological polar surface area (TPSA) is 75.0 Å². The minimum atomic E-state index is -0.0252. The number of aryl methyl sites for hydroxylation is 1. The average molecular weight is 236 g/mol. The first kappa shape index (κ1) is 12.0. The highest BCUT2D eigenvalue weighted by Gasteiger charge is 2.30. The zero-order valence-electron chi connectivity index (χ0n) is 10.5. The van der Waals surface area contributed by atoms with Crippen LogP contribution in [-0.2, 0) is 6.42 Å². The summed E-state index contributed by atoms with van der Waals surface area (Å²) < 4.78 is 0. The van der Waals surface area contributed by atoms with Crippen LogP contribution in [0.15, 0.2) is 0 Å². The molecule has 17 heavy (non-hydrogen) atoms. The van der Waals surface area contributed by atoms with Crippen molar-refractivity contribution in [3.63, 3.8) is 0 Å². The van der Waals surface area contributed by atoms with Crippen LogP contribution < -0.4 is 5.73 Å². The van der Waals surface area contributed by atoms with E-state index in [0.717, 1.165) is 37.9 Å². The molecule has 2 heterocycles. The summed E-state index contributed by atoms with van der Waals surface area (Å²) in [6.45, 7) is 4.93. The lowest BCUT2D eigenvalue weighted by atomic mass is 10.1. The Morgan fingerprint density at radius 1 is 1.59 bits per heavy atom. The lowest BCUT2D eigenvalue weighted by Gasteiger charge is -2.22. The van der Waals surface area contributed by atoms with E-state index in [2.05, 4.69) is 17.1 Å². The quantitative estimate of drug-likeness (QED) is 0.836. The molecule has 1 unspecified atom stereocenters. The van der Waals surface area contributed by atoms with Crippen molar-refractivity contribution in [1.82, 2.24) is 15.1 Å². The lowest BCUT2D eigenvalue weighted by molar-refractivity contribution is 0.0729. The van der Waals surface area contributed by atoms with Gasteiger partial charge in [0.1, 0.15) is 0 Å². The van der Waals surface area contributed by atoms with Gasteiger partial charge in [-0.15, -0.1) is 0 Å². The van der Waals surface area contributed by atoms with Crippen LogP contribution in [0.3, 0.4) is 0 Å². The number of hydrogen-bond acceptors (Lipinski definition) is 3. The van der Waals surface area contributed by atoms with Gasteiger partial charge in [-0.25, -0.2) is 0 Å². The van der Waals surface area contributed by atoms with Crippen molar-refractivity contribution in [2.45, 2.75) is 45.6 Å². The molecule has 0 saturated carbocycles. The maximum Gasteiger partial charge on any atom is 0.276 e. The molecule has 0 aliphatic carbocycles. The molecule has 1 aromatic rings. The van der Waals surface area contributed by atoms with Gasteiger partial charge < -0.3 is 10.6 Å². The van der Waals surface area contributed by atoms with E-state index in [1.807, 2.05) is 11.8 Å². The van der Waals surface area contributed by atoms with Crippen LogP contribution in [0.5, 0.6) is 0 Å². The number of aromatic nitrogens is 2. The summed E-state index contributed by atoms with van der Waals surface area (Å²) in [6, 6.07) is 0.351. The number of anilines is 1. The largest absolute Gasteiger partial charge is 0.395 e. The van der Waals surface area contributed by atoms with Crippen LogP contribution in [0.2, 0.25) is 0 Å². The molecule has 94 valence electrons. The van der Waals surface area contributed by atoms with E-state index in [4.69, 9.17) is 5.73 Å². The highest BCUT2D eigenvalue weighted by Crippen LogP contribution is 2.24. The fraction of sp³-hybridized carbons (Fsp3) is 0.667. The third-order valence-corrected chi connectivity index (χ3v) is 3.55. The number of carbonyl (C=O) groups is 1. The molecule has 1 amide bonds. The van der Waals surface area contributed by atoms with Gasteiger partial charge in [0.25, 0.3) is 5.91 Å². The number of nitrogens with zero attached hydrogens (tertiary/aromatic N) is 2. The molecular formula is C12H20N4O. The number of nitrogens with two attached hydrogens (primary N) is 1. The molecule has 1 aliphatic heterocycles. The second kappa shape index (κ2) is 4.77. The average Bonchev–Trinajstić information content (AvgIpc) is 2.94. The Kier molecular flexibility index (Phi) is 3.36. The number of amides is 1. The van der Waals surface area contributed by atoms with Gasteiger partial charge in [0.05, 0.1) is 11.4 Å². The second-order valence-corrected chi connectivity index (χ2v) is 4.52. The van der Waals surface area contributed by atoms with E-state index in [1.165, 1.54) is 0 Å². The first-order chi connectivity index (χ1) is 8.19. The molecule has 1 fully saturated rings. The summed E-state index contributed by atoms with van der Waals surface area (Å²) in [6.07, 6.45) is 3.93. The van der Waals surface area contributed by atoms with Crippen LogP contribution in [-0.4, -0.2) is 33.6 Å². The summed E-state index contributed by atoms with van der Waals surface area (Å²) in [4.78, 5) is 14.2. The lowest BCUT2D eigenvalue weighted by Crippen LogP contribution is -2.35. The highest BCUT2D eigenvalue weighted by atomic mass is 16.2. The summed E-state index contributed by atoms with van der Waals surface area (Å²) in [5.74, 6) is -0.0252. The Labute approximate surface area is 101 Å². The predicted molar refractivity (Wildman–Crippen MR) is 66.7 cm³/mol. The minimum absolute atomic E-state index is 0.0252. The Bertz CT molecular complexity index is 413. The standard InChI is InChI=1S/C12H20N4O/c1-3-8-6-5-7-16(8)12(17)11-10(13)9(4-2)14-15-11/h8H,3-7,13H2,1-2H3,(H,14,15). The maximum atomic E-state index is 12.3. The highest BCUT2D eigenvalue weighted by molar-refractivity contribution is 5.98. The van der Waals surface area contributed by atoms with Crippen molar-refractivity contribution in [2.24, 2.45) is 0 Å². The molecule has 1 saturated heterocycles. The first-order valence-corrected chi connectivity index (χ1v) is 6.32. The van der Waals surface area contributed by atoms with E-state index < -0.39 is 0 Å². The number of H-pyrrole nitrogens is 1. The van der Waals surface area contributed by atoms with Crippen LogP contribution in [0.4, 0.5) is 5.69 Å². The molecule has 0 bridgehead atoms. The summed E-state index contributed by atoms with van der Waals surface area (Å²) in [7, 11) is 0. The number of hydrogen-bond donors (Lipinski definition) is 2. The number of nitrogens with one attached hydrogen (secondary N) is 1. The van der Waals surface area contributed by atoms with Crippen LogP contribution >= 0.6 is 0 Å². The molecule has 0 spiro atoms. The van der Waals surface area contributed by atoms with Gasteiger partial charge in [-0.2, -0.15) is 5.10 Å². The Balaban J connectivity index is 2.21. The maximum absolute atomic E-state index is 12.3. The summed E-state index contributed by atoms with van der Waals surface area (Å²) >= 11 is 0. The van der Waals surface area contributed by atoms with Crippen molar-refractivity contribution in [2.75, 3.05) is 12.3 Å². The van der Waals surface area contributed by atoms with Crippen molar-refractivity contribution in [3.8, 4) is 0 Å². The fourth-order valence-electron chi connectivity index (χ4n) is 2.48. The van der Waals surface area contributed by atoms with E-state index in [1.54, 1.807) is 0 Å². The number of aromatic amines is 1. The van der Waals surface area contributed by atoms with E-state index in [0.29, 0.717) is 17.4 Å². The Morgan fingerprint density at radius 2 is 2.35 bits per heavy atom. The molecular weight excluding hydrogens is 216 g/mol. The third-order valence-electron chi connectivity index (χ3n) is 3.55. The van der Waals surface area contributed by atoms with Crippen LogP contribution in [0.1, 0.15) is 49.3 Å². The van der Waals surface area contributed by atoms with Gasteiger partial charge in [0.2, 0.25) is 0 Å². The van der Waals surface area contributed by atoms with Gasteiger partial charge in [-0.05, 0) is 25.7 Å². The molecule has 1 aromatic heterocycles. The van der Waals surface area contributed by atoms with Gasteiger partial charge in [-0.3, -0.25) is 9.89 Å². The summed E-state index contributed by atoms with van der Waals surface area (Å²) in [5.41, 5.74) is 7.68. The zero-order valence-corrected chi connectivity index (χ0v) is 10.5. The van der Waals surface area contributed by atoms with Gasteiger partial charge in [0.15, 0.2) is 5.69 Å². The zero-order chi connectivity index (χ0) is 12.4. The number of rotatable bonds is 3.